The zero-order valence-corrected chi connectivity index (χ0v) is 21.5. The van der Waals surface area contributed by atoms with Crippen molar-refractivity contribution in [2.75, 3.05) is 25.1 Å². The summed E-state index contributed by atoms with van der Waals surface area (Å²) < 4.78 is 11.2. The molecule has 184 valence electrons. The maximum atomic E-state index is 12.8. The molecule has 1 aromatic carbocycles. The predicted octanol–water partition coefficient (Wildman–Crippen LogP) is 3.10. The van der Waals surface area contributed by atoms with Gasteiger partial charge in [-0.05, 0) is 37.6 Å². The van der Waals surface area contributed by atoms with Crippen molar-refractivity contribution in [1.29, 1.82) is 0 Å². The van der Waals surface area contributed by atoms with E-state index in [2.05, 4.69) is 5.32 Å². The lowest BCUT2D eigenvalue weighted by molar-refractivity contribution is -0.153. The normalized spacial score (nSPS) is 21.9. The van der Waals surface area contributed by atoms with Gasteiger partial charge in [0.15, 0.2) is 5.78 Å². The van der Waals surface area contributed by atoms with Gasteiger partial charge >= 0.3 is 19.1 Å². The number of Topliss-reactive ketones (excluding diaryl/α,β-unsaturated/α-hetero) is 1. The van der Waals surface area contributed by atoms with Crippen LogP contribution in [0.4, 0.5) is 0 Å². The van der Waals surface area contributed by atoms with E-state index in [9.17, 15) is 19.2 Å². The van der Waals surface area contributed by atoms with Gasteiger partial charge in [-0.1, -0.05) is 37.0 Å². The molecule has 2 saturated heterocycles. The molecule has 0 aliphatic carbocycles. The molecular weight excluding hydrogens is 502 g/mol. The van der Waals surface area contributed by atoms with Crippen molar-refractivity contribution in [3.05, 3.63) is 33.8 Å². The van der Waals surface area contributed by atoms with E-state index in [1.165, 1.54) is 23.9 Å². The molecule has 0 saturated carbocycles. The smallest absolute Gasteiger partial charge is 0.498 e. The Morgan fingerprint density at radius 3 is 2.38 bits per heavy atom. The van der Waals surface area contributed by atoms with Crippen molar-refractivity contribution < 1.29 is 28.5 Å². The molecule has 2 aliphatic rings. The van der Waals surface area contributed by atoms with Crippen molar-refractivity contribution in [1.82, 2.24) is 10.2 Å². The van der Waals surface area contributed by atoms with E-state index in [0.717, 1.165) is 0 Å². The number of benzene rings is 1. The fourth-order valence-electron chi connectivity index (χ4n) is 4.02. The van der Waals surface area contributed by atoms with Gasteiger partial charge in [0.25, 0.3) is 5.91 Å². The maximum absolute atomic E-state index is 12.8. The topological polar surface area (TPSA) is 102 Å². The van der Waals surface area contributed by atoms with Gasteiger partial charge in [0.05, 0.1) is 17.1 Å². The van der Waals surface area contributed by atoms with E-state index in [1.807, 2.05) is 13.8 Å². The molecule has 12 heteroatoms. The van der Waals surface area contributed by atoms with Gasteiger partial charge in [-0.3, -0.25) is 24.1 Å². The lowest BCUT2D eigenvalue weighted by Gasteiger charge is -2.40. The minimum Gasteiger partial charge on any atom is -0.498 e. The van der Waals surface area contributed by atoms with E-state index < -0.39 is 42.9 Å². The Bertz CT molecular complexity index is 939. The molecule has 2 heterocycles. The van der Waals surface area contributed by atoms with Crippen LogP contribution >= 0.6 is 35.0 Å². The van der Waals surface area contributed by atoms with Crippen molar-refractivity contribution in [2.24, 2.45) is 5.92 Å². The number of thioether (sulfide) groups is 1. The van der Waals surface area contributed by atoms with E-state index in [0.29, 0.717) is 22.9 Å². The average molecular weight is 529 g/mol. The van der Waals surface area contributed by atoms with Crippen LogP contribution in [0.3, 0.4) is 0 Å². The Morgan fingerprint density at radius 2 is 1.79 bits per heavy atom. The van der Waals surface area contributed by atoms with Crippen molar-refractivity contribution in [3.63, 3.8) is 0 Å². The number of nitrogens with zero attached hydrogens (tertiary/aromatic N) is 1. The van der Waals surface area contributed by atoms with Gasteiger partial charge in [-0.25, -0.2) is 0 Å². The Morgan fingerprint density at radius 1 is 1.18 bits per heavy atom. The van der Waals surface area contributed by atoms with Crippen LogP contribution in [0.1, 0.15) is 37.0 Å². The number of carbonyl (C=O) groups excluding carboxylic acids is 4. The molecule has 2 fully saturated rings. The lowest BCUT2D eigenvalue weighted by Crippen LogP contribution is -2.59. The molecule has 8 nitrogen and oxygen atoms in total. The fraction of sp³-hybridized carbons (Fsp3) is 0.545. The maximum Gasteiger partial charge on any atom is 0.602 e. The second-order valence-electron chi connectivity index (χ2n) is 8.92. The summed E-state index contributed by atoms with van der Waals surface area (Å²) in [4.78, 5) is 52.5. The number of carbonyl (C=O) groups is 4. The van der Waals surface area contributed by atoms with E-state index in [-0.39, 0.29) is 35.3 Å². The van der Waals surface area contributed by atoms with Crippen molar-refractivity contribution in [3.8, 4) is 0 Å². The first-order chi connectivity index (χ1) is 16.1. The van der Waals surface area contributed by atoms with Crippen LogP contribution in [0.2, 0.25) is 15.9 Å². The van der Waals surface area contributed by atoms with Gasteiger partial charge < -0.3 is 14.6 Å². The summed E-state index contributed by atoms with van der Waals surface area (Å²) in [5.41, 5.74) is 0.164. The highest BCUT2D eigenvalue weighted by atomic mass is 35.5. The van der Waals surface area contributed by atoms with Gasteiger partial charge in [-0.2, -0.15) is 11.8 Å². The van der Waals surface area contributed by atoms with Gasteiger partial charge in [0, 0.05) is 28.8 Å². The number of rotatable bonds is 8. The summed E-state index contributed by atoms with van der Waals surface area (Å²) in [6, 6.07) is 3.39. The SMILES string of the molecule is CC(C)C[C@H](CC(=O)CNC(=O)c1cc(Cl)ccc1Cl)B1OC(=O)[C@@H]2CSC[C@@H](C(=O)O1)N2C. The summed E-state index contributed by atoms with van der Waals surface area (Å²) in [7, 11) is 0.549. The predicted molar refractivity (Wildman–Crippen MR) is 132 cm³/mol. The number of fused-ring (bicyclic) bond motifs is 2. The number of likely N-dealkylation sites (N-methyl/N-ethyl adjacent to an activating group) is 1. The third-order valence-electron chi connectivity index (χ3n) is 5.81. The highest BCUT2D eigenvalue weighted by Crippen LogP contribution is 2.31. The van der Waals surface area contributed by atoms with Crippen molar-refractivity contribution >= 4 is 65.7 Å². The third kappa shape index (κ3) is 6.68. The third-order valence-corrected chi connectivity index (χ3v) is 7.48. The first-order valence-corrected chi connectivity index (χ1v) is 12.9. The van der Waals surface area contributed by atoms with E-state index in [1.54, 1.807) is 18.0 Å². The van der Waals surface area contributed by atoms with Gasteiger partial charge in [-0.15, -0.1) is 0 Å². The Labute approximate surface area is 213 Å². The molecule has 3 rings (SSSR count). The molecule has 0 spiro atoms. The summed E-state index contributed by atoms with van der Waals surface area (Å²) in [5, 5.41) is 3.11. The highest BCUT2D eigenvalue weighted by molar-refractivity contribution is 7.99. The summed E-state index contributed by atoms with van der Waals surface area (Å²) in [5.74, 6) is -1.10. The number of halogens is 2. The monoisotopic (exact) mass is 528 g/mol. The zero-order valence-electron chi connectivity index (χ0n) is 19.2. The van der Waals surface area contributed by atoms with E-state index in [4.69, 9.17) is 32.5 Å². The summed E-state index contributed by atoms with van der Waals surface area (Å²) >= 11 is 13.5. The largest absolute Gasteiger partial charge is 0.602 e. The molecule has 34 heavy (non-hydrogen) atoms. The molecule has 3 atom stereocenters. The Hall–Kier alpha value is -1.75. The minimum absolute atomic E-state index is 0.0348. The quantitative estimate of drug-likeness (QED) is 0.513. The van der Waals surface area contributed by atoms with Gasteiger partial charge in [0.2, 0.25) is 0 Å². The summed E-state index contributed by atoms with van der Waals surface area (Å²) in [6.07, 6.45) is 0.456. The molecule has 0 unspecified atom stereocenters. The molecule has 1 amide bonds. The van der Waals surface area contributed by atoms with Crippen LogP contribution in [0.5, 0.6) is 0 Å². The first-order valence-electron chi connectivity index (χ1n) is 11.0. The second-order valence-corrected chi connectivity index (χ2v) is 10.8. The van der Waals surface area contributed by atoms with Crippen LogP contribution in [0.25, 0.3) is 0 Å². The average Bonchev–Trinajstić information content (AvgIpc) is 2.77. The highest BCUT2D eigenvalue weighted by Gasteiger charge is 2.48. The summed E-state index contributed by atoms with van der Waals surface area (Å²) in [6.45, 7) is 3.67. The molecule has 0 aromatic heterocycles. The van der Waals surface area contributed by atoms with Gasteiger partial charge in [0.1, 0.15) is 12.1 Å². The number of hydrogen-bond acceptors (Lipinski definition) is 8. The van der Waals surface area contributed by atoms with Crippen LogP contribution in [-0.2, 0) is 23.7 Å². The number of nitrogens with one attached hydrogen (secondary N) is 1. The number of ketones is 1. The fourth-order valence-corrected chi connectivity index (χ4v) is 5.72. The first kappa shape index (κ1) is 26.9. The standard InChI is InChI=1S/C22H27BCl2N2O6S/c1-12(2)6-13(7-15(28)9-26-20(29)16-8-14(24)4-5-17(16)25)23-32-21(30)18-10-34-11-19(27(18)3)22(31)33-23/h4-5,8,12-13,18-19H,6-7,9-11H2,1-3H3,(H,26,29)/t13-,18+,19+/m1/s1. The van der Waals surface area contributed by atoms with E-state index >= 15 is 0 Å². The molecular formula is C22H27BCl2N2O6S. The number of hydrogen-bond donors (Lipinski definition) is 1. The lowest BCUT2D eigenvalue weighted by atomic mass is 9.65. The molecule has 0 radical (unpaired) electrons. The minimum atomic E-state index is -1.16. The second kappa shape index (κ2) is 11.8. The van der Waals surface area contributed by atoms with Crippen LogP contribution in [-0.4, -0.2) is 72.8 Å². The number of amides is 1. The van der Waals surface area contributed by atoms with Crippen LogP contribution < -0.4 is 5.32 Å². The molecule has 2 aliphatic heterocycles. The van der Waals surface area contributed by atoms with Crippen LogP contribution in [0.15, 0.2) is 18.2 Å². The Kier molecular flexibility index (Phi) is 9.31. The Balaban J connectivity index is 1.68. The zero-order chi connectivity index (χ0) is 25.0. The molecule has 1 N–H and O–H groups in total. The van der Waals surface area contributed by atoms with Crippen molar-refractivity contribution in [2.45, 2.75) is 44.6 Å². The molecule has 2 bridgehead atoms. The van der Waals surface area contributed by atoms with Crippen LogP contribution in [0, 0.1) is 5.92 Å². The molecule has 1 aromatic rings.